The van der Waals surface area contributed by atoms with Crippen LogP contribution in [0.4, 0.5) is 11.4 Å². The maximum atomic E-state index is 10.5. The number of benzene rings is 2. The van der Waals surface area contributed by atoms with E-state index in [9.17, 15) is 9.90 Å². The molecule has 0 bridgehead atoms. The first-order chi connectivity index (χ1) is 10.5. The van der Waals surface area contributed by atoms with E-state index in [1.165, 1.54) is 0 Å². The fourth-order valence-corrected chi connectivity index (χ4v) is 2.33. The molecule has 0 heterocycles. The van der Waals surface area contributed by atoms with Crippen LogP contribution in [0.5, 0.6) is 0 Å². The maximum Gasteiger partial charge on any atom is 0.175 e. The van der Waals surface area contributed by atoms with Crippen molar-refractivity contribution in [1.29, 1.82) is 0 Å². The number of nitrogens with one attached hydrogen (secondary N) is 2. The summed E-state index contributed by atoms with van der Waals surface area (Å²) in [6, 6.07) is 12.0. The number of aliphatic carboxylic acids is 1. The number of carboxylic acid groups (broad SMARTS) is 1. The topological polar surface area (TPSA) is 64.2 Å². The van der Waals surface area contributed by atoms with Gasteiger partial charge in [0.15, 0.2) is 5.11 Å². The molecule has 114 valence electrons. The molecule has 0 amide bonds. The van der Waals surface area contributed by atoms with E-state index in [1.807, 2.05) is 0 Å². The van der Waals surface area contributed by atoms with Gasteiger partial charge in [0.25, 0.3) is 0 Å². The summed E-state index contributed by atoms with van der Waals surface area (Å²) in [4.78, 5) is 10.5. The molecular formula is C15H11Cl2N2O2S-. The molecule has 22 heavy (non-hydrogen) atoms. The molecule has 0 aliphatic heterocycles. The van der Waals surface area contributed by atoms with Crippen LogP contribution in [0.15, 0.2) is 42.5 Å². The molecule has 2 aromatic rings. The molecule has 0 aromatic heterocycles. The second kappa shape index (κ2) is 7.45. The summed E-state index contributed by atoms with van der Waals surface area (Å²) < 4.78 is 0. The summed E-state index contributed by atoms with van der Waals surface area (Å²) in [5, 5.41) is 17.6. The van der Waals surface area contributed by atoms with E-state index in [4.69, 9.17) is 35.4 Å². The fourth-order valence-electron chi connectivity index (χ4n) is 1.76. The largest absolute Gasteiger partial charge is 0.550 e. The molecule has 2 aromatic carbocycles. The van der Waals surface area contributed by atoms with Gasteiger partial charge in [-0.3, -0.25) is 0 Å². The average Bonchev–Trinajstić information content (AvgIpc) is 2.45. The summed E-state index contributed by atoms with van der Waals surface area (Å²) in [5.74, 6) is -1.12. The standard InChI is InChI=1S/C15H12Cl2N2O2S/c16-11-2-1-3-12(14(11)17)19-15(22)18-10-6-4-9(5-7-10)8-13(20)21/h1-7H,8H2,(H,20,21)(H2,18,19,22)/p-1. The predicted octanol–water partition coefficient (Wildman–Crippen LogP) is 3.09. The zero-order valence-electron chi connectivity index (χ0n) is 11.2. The molecule has 0 atom stereocenters. The number of hydrogen-bond donors (Lipinski definition) is 2. The molecule has 0 saturated heterocycles. The summed E-state index contributed by atoms with van der Waals surface area (Å²) in [6.45, 7) is 0. The van der Waals surface area contributed by atoms with Crippen LogP contribution < -0.4 is 15.7 Å². The molecule has 0 unspecified atom stereocenters. The third kappa shape index (κ3) is 4.59. The Balaban J connectivity index is 2.00. The lowest BCUT2D eigenvalue weighted by molar-refractivity contribution is -0.304. The molecule has 0 saturated carbocycles. The highest BCUT2D eigenvalue weighted by Crippen LogP contribution is 2.29. The normalized spacial score (nSPS) is 10.1. The van der Waals surface area contributed by atoms with Crippen molar-refractivity contribution in [2.24, 2.45) is 0 Å². The number of anilines is 2. The molecular weight excluding hydrogens is 343 g/mol. The second-order valence-electron chi connectivity index (χ2n) is 4.43. The van der Waals surface area contributed by atoms with Crippen molar-refractivity contribution in [3.8, 4) is 0 Å². The monoisotopic (exact) mass is 353 g/mol. The van der Waals surface area contributed by atoms with Crippen LogP contribution in [-0.4, -0.2) is 11.1 Å². The molecule has 0 radical (unpaired) electrons. The summed E-state index contributed by atoms with van der Waals surface area (Å²) in [7, 11) is 0. The molecule has 0 aliphatic carbocycles. The highest BCUT2D eigenvalue weighted by atomic mass is 35.5. The van der Waals surface area contributed by atoms with Crippen LogP contribution in [0.3, 0.4) is 0 Å². The van der Waals surface area contributed by atoms with E-state index >= 15 is 0 Å². The van der Waals surface area contributed by atoms with E-state index in [0.29, 0.717) is 26.4 Å². The Morgan fingerprint density at radius 3 is 2.41 bits per heavy atom. The quantitative estimate of drug-likeness (QED) is 0.826. The first kappa shape index (κ1) is 16.5. The van der Waals surface area contributed by atoms with Gasteiger partial charge in [0, 0.05) is 18.1 Å². The van der Waals surface area contributed by atoms with Gasteiger partial charge >= 0.3 is 0 Å². The Kier molecular flexibility index (Phi) is 5.60. The number of rotatable bonds is 4. The van der Waals surface area contributed by atoms with Crippen LogP contribution >= 0.6 is 35.4 Å². The first-order valence-corrected chi connectivity index (χ1v) is 7.43. The average molecular weight is 354 g/mol. The third-order valence-corrected chi connectivity index (χ3v) is 3.78. The van der Waals surface area contributed by atoms with E-state index in [0.717, 1.165) is 5.69 Å². The van der Waals surface area contributed by atoms with Crippen LogP contribution in [0.2, 0.25) is 10.0 Å². The number of carbonyl (C=O) groups excluding carboxylic acids is 1. The Hall–Kier alpha value is -1.82. The van der Waals surface area contributed by atoms with Gasteiger partial charge in [0.1, 0.15) is 0 Å². The molecule has 2 rings (SSSR count). The van der Waals surface area contributed by atoms with Gasteiger partial charge in [0.05, 0.1) is 15.7 Å². The van der Waals surface area contributed by atoms with Crippen molar-refractivity contribution < 1.29 is 9.90 Å². The van der Waals surface area contributed by atoms with Crippen LogP contribution in [0.25, 0.3) is 0 Å². The summed E-state index contributed by atoms with van der Waals surface area (Å²) in [5.41, 5.74) is 1.97. The van der Waals surface area contributed by atoms with Gasteiger partial charge in [-0.25, -0.2) is 0 Å². The number of hydrogen-bond acceptors (Lipinski definition) is 3. The van der Waals surface area contributed by atoms with E-state index in [1.54, 1.807) is 42.5 Å². The highest BCUT2D eigenvalue weighted by Gasteiger charge is 2.06. The number of carbonyl (C=O) groups is 1. The Labute approximate surface area is 143 Å². The lowest BCUT2D eigenvalue weighted by Crippen LogP contribution is -2.24. The minimum Gasteiger partial charge on any atom is -0.550 e. The highest BCUT2D eigenvalue weighted by molar-refractivity contribution is 7.80. The van der Waals surface area contributed by atoms with Crippen LogP contribution in [-0.2, 0) is 11.2 Å². The Morgan fingerprint density at radius 1 is 1.09 bits per heavy atom. The SMILES string of the molecule is O=C([O-])Cc1ccc(NC(=S)Nc2cccc(Cl)c2Cl)cc1. The van der Waals surface area contributed by atoms with Gasteiger partial charge in [-0.2, -0.15) is 0 Å². The fraction of sp³-hybridized carbons (Fsp3) is 0.0667. The van der Waals surface area contributed by atoms with Crippen molar-refractivity contribution in [2.45, 2.75) is 6.42 Å². The zero-order chi connectivity index (χ0) is 16.1. The number of carboxylic acids is 1. The molecule has 4 nitrogen and oxygen atoms in total. The number of halogens is 2. The van der Waals surface area contributed by atoms with Crippen molar-refractivity contribution >= 4 is 57.9 Å². The van der Waals surface area contributed by atoms with E-state index in [-0.39, 0.29) is 6.42 Å². The van der Waals surface area contributed by atoms with Crippen LogP contribution in [0, 0.1) is 0 Å². The van der Waals surface area contributed by atoms with Crippen molar-refractivity contribution in [3.05, 3.63) is 58.1 Å². The molecule has 2 N–H and O–H groups in total. The third-order valence-electron chi connectivity index (χ3n) is 2.76. The van der Waals surface area contributed by atoms with Crippen molar-refractivity contribution in [3.63, 3.8) is 0 Å². The Bertz CT molecular complexity index is 705. The zero-order valence-corrected chi connectivity index (χ0v) is 13.6. The van der Waals surface area contributed by atoms with Crippen LogP contribution in [0.1, 0.15) is 5.56 Å². The van der Waals surface area contributed by atoms with Gasteiger partial charge < -0.3 is 20.5 Å². The maximum absolute atomic E-state index is 10.5. The lowest BCUT2D eigenvalue weighted by atomic mass is 10.1. The second-order valence-corrected chi connectivity index (χ2v) is 5.62. The smallest absolute Gasteiger partial charge is 0.175 e. The summed E-state index contributed by atoms with van der Waals surface area (Å²) >= 11 is 17.2. The van der Waals surface area contributed by atoms with Gasteiger partial charge in [0.2, 0.25) is 0 Å². The summed E-state index contributed by atoms with van der Waals surface area (Å²) in [6.07, 6.45) is -0.124. The van der Waals surface area contributed by atoms with E-state index < -0.39 is 5.97 Å². The molecule has 7 heteroatoms. The van der Waals surface area contributed by atoms with E-state index in [2.05, 4.69) is 10.6 Å². The van der Waals surface area contributed by atoms with Gasteiger partial charge in [-0.05, 0) is 42.0 Å². The minimum absolute atomic E-state index is 0.124. The predicted molar refractivity (Wildman–Crippen MR) is 91.5 cm³/mol. The first-order valence-electron chi connectivity index (χ1n) is 6.26. The van der Waals surface area contributed by atoms with Gasteiger partial charge in [-0.15, -0.1) is 0 Å². The minimum atomic E-state index is -1.12. The molecule has 0 spiro atoms. The van der Waals surface area contributed by atoms with Gasteiger partial charge in [-0.1, -0.05) is 41.4 Å². The lowest BCUT2D eigenvalue weighted by Gasteiger charge is -2.12. The van der Waals surface area contributed by atoms with Crippen molar-refractivity contribution in [1.82, 2.24) is 0 Å². The molecule has 0 aliphatic rings. The number of thiocarbonyl (C=S) groups is 1. The molecule has 0 fully saturated rings. The Morgan fingerprint density at radius 2 is 1.77 bits per heavy atom. The van der Waals surface area contributed by atoms with Crippen molar-refractivity contribution in [2.75, 3.05) is 10.6 Å².